The maximum Gasteiger partial charge on any atom is 0.0410 e. The summed E-state index contributed by atoms with van der Waals surface area (Å²) >= 11 is 0. The van der Waals surface area contributed by atoms with Crippen molar-refractivity contribution in [1.29, 1.82) is 0 Å². The number of nitrogens with one attached hydrogen (secondary N) is 4. The summed E-state index contributed by atoms with van der Waals surface area (Å²) in [4.78, 5) is 9.44. The predicted molar refractivity (Wildman–Crippen MR) is 93.5 cm³/mol. The molecule has 4 heterocycles. The fourth-order valence-corrected chi connectivity index (χ4v) is 3.46. The van der Waals surface area contributed by atoms with Gasteiger partial charge in [0.1, 0.15) is 0 Å². The van der Waals surface area contributed by atoms with Crippen LogP contribution in [0.4, 0.5) is 0 Å². The van der Waals surface area contributed by atoms with Crippen LogP contribution in [0.3, 0.4) is 0 Å². The zero-order valence-electron chi connectivity index (χ0n) is 13.7. The minimum absolute atomic E-state index is 0.597. The van der Waals surface area contributed by atoms with Gasteiger partial charge in [0.2, 0.25) is 0 Å². The number of aromatic amines is 3. The second kappa shape index (κ2) is 7.09. The molecule has 24 heavy (non-hydrogen) atoms. The lowest BCUT2D eigenvalue weighted by Gasteiger charge is -2.40. The van der Waals surface area contributed by atoms with Gasteiger partial charge in [0.25, 0.3) is 0 Å². The van der Waals surface area contributed by atoms with Gasteiger partial charge in [-0.3, -0.25) is 0 Å². The Morgan fingerprint density at radius 3 is 1.71 bits per heavy atom. The van der Waals surface area contributed by atoms with Crippen LogP contribution < -0.4 is 5.53 Å². The lowest BCUT2D eigenvalue weighted by atomic mass is 9.99. The fourth-order valence-electron chi connectivity index (χ4n) is 3.46. The topological polar surface area (TPSA) is 65.9 Å². The predicted octanol–water partition coefficient (Wildman–Crippen LogP) is 2.27. The van der Waals surface area contributed by atoms with Crippen molar-refractivity contribution in [3.05, 3.63) is 72.1 Å². The Hall–Kier alpha value is -2.28. The monoisotopic (exact) mass is 324 g/mol. The number of nitrogens with zero attached hydrogens (tertiary/aromatic N) is 2. The minimum atomic E-state index is 0.597. The van der Waals surface area contributed by atoms with Crippen LogP contribution in [0.15, 0.2) is 55.4 Å². The molecule has 0 aliphatic carbocycles. The van der Waals surface area contributed by atoms with E-state index in [1.165, 1.54) is 16.7 Å². The second-order valence-corrected chi connectivity index (χ2v) is 6.59. The van der Waals surface area contributed by atoms with Gasteiger partial charge in [-0.05, 0) is 47.2 Å². The lowest BCUT2D eigenvalue weighted by molar-refractivity contribution is -0.0539. The summed E-state index contributed by atoms with van der Waals surface area (Å²) in [5.41, 5.74) is 7.55. The van der Waals surface area contributed by atoms with E-state index in [4.69, 9.17) is 0 Å². The highest BCUT2D eigenvalue weighted by Crippen LogP contribution is 2.18. The Labute approximate surface area is 141 Å². The third kappa shape index (κ3) is 3.79. The molecule has 1 aliphatic heterocycles. The van der Waals surface area contributed by atoms with Crippen LogP contribution in [0.5, 0.6) is 0 Å². The molecule has 3 aromatic heterocycles. The number of hydrogen-bond acceptors (Lipinski definition) is 3. The van der Waals surface area contributed by atoms with Gasteiger partial charge >= 0.3 is 0 Å². The summed E-state index contributed by atoms with van der Waals surface area (Å²) in [5, 5.41) is 4.63. The smallest absolute Gasteiger partial charge is 0.0410 e. The van der Waals surface area contributed by atoms with Crippen molar-refractivity contribution < 1.29 is 0 Å². The maximum absolute atomic E-state index is 3.57. The van der Waals surface area contributed by atoms with Gasteiger partial charge in [-0.2, -0.15) is 5.53 Å². The Morgan fingerprint density at radius 1 is 0.750 bits per heavy atom. The van der Waals surface area contributed by atoms with Crippen LogP contribution in [0.1, 0.15) is 16.7 Å². The van der Waals surface area contributed by atoms with E-state index in [2.05, 4.69) is 67.3 Å². The molecule has 1 saturated heterocycles. The molecule has 3 aromatic rings. The number of hydrogen-bond donors (Lipinski definition) is 4. The second-order valence-electron chi connectivity index (χ2n) is 6.59. The van der Waals surface area contributed by atoms with E-state index in [1.807, 2.05) is 18.6 Å². The van der Waals surface area contributed by atoms with E-state index in [9.17, 15) is 0 Å². The lowest BCUT2D eigenvalue weighted by Crippen LogP contribution is -2.58. The van der Waals surface area contributed by atoms with Gasteiger partial charge in [-0.25, -0.2) is 10.0 Å². The first-order chi connectivity index (χ1) is 11.8. The van der Waals surface area contributed by atoms with Crippen LogP contribution in [0, 0.1) is 5.92 Å². The molecule has 1 aliphatic rings. The van der Waals surface area contributed by atoms with Crippen molar-refractivity contribution in [2.75, 3.05) is 13.1 Å². The SMILES string of the molecule is c1cc(CC2CN(Cc3cc[nH]c3)NN(Cc3cc[nH]c3)C2)c[nH]1. The number of hydrazine groups is 2. The van der Waals surface area contributed by atoms with E-state index >= 15 is 0 Å². The molecule has 0 spiro atoms. The molecule has 4 N–H and O–H groups in total. The highest BCUT2D eigenvalue weighted by atomic mass is 15.8. The third-order valence-electron chi connectivity index (χ3n) is 4.50. The van der Waals surface area contributed by atoms with Crippen molar-refractivity contribution >= 4 is 0 Å². The summed E-state index contributed by atoms with van der Waals surface area (Å²) in [6, 6.07) is 6.44. The van der Waals surface area contributed by atoms with Crippen molar-refractivity contribution in [3.8, 4) is 0 Å². The summed E-state index contributed by atoms with van der Waals surface area (Å²) in [6.45, 7) is 3.88. The van der Waals surface area contributed by atoms with Crippen LogP contribution in [0.25, 0.3) is 0 Å². The van der Waals surface area contributed by atoms with Gasteiger partial charge in [0, 0.05) is 63.4 Å². The largest absolute Gasteiger partial charge is 0.367 e. The molecule has 0 aromatic carbocycles. The van der Waals surface area contributed by atoms with Crippen molar-refractivity contribution in [1.82, 2.24) is 30.5 Å². The zero-order valence-corrected chi connectivity index (χ0v) is 13.7. The molecule has 0 atom stereocenters. The van der Waals surface area contributed by atoms with Crippen LogP contribution in [-0.2, 0) is 19.5 Å². The average molecular weight is 324 g/mol. The average Bonchev–Trinajstić information content (AvgIpc) is 3.30. The maximum atomic E-state index is 3.57. The summed E-state index contributed by atoms with van der Waals surface area (Å²) < 4.78 is 0. The first kappa shape index (κ1) is 15.3. The molecule has 6 heteroatoms. The van der Waals surface area contributed by atoms with Crippen LogP contribution in [0.2, 0.25) is 0 Å². The van der Waals surface area contributed by atoms with E-state index in [1.54, 1.807) is 0 Å². The summed E-state index contributed by atoms with van der Waals surface area (Å²) in [5.74, 6) is 0.597. The standard InChI is InChI=1S/C18H24N6/c1-4-19-8-15(1)7-18-13-23(11-16-2-5-20-9-16)22-24(14-18)12-17-3-6-21-10-17/h1-6,8-10,18-22H,7,11-14H2. The number of aromatic nitrogens is 3. The van der Waals surface area contributed by atoms with E-state index < -0.39 is 0 Å². The zero-order chi connectivity index (χ0) is 16.2. The van der Waals surface area contributed by atoms with Crippen molar-refractivity contribution in [2.45, 2.75) is 19.5 Å². The molecule has 6 nitrogen and oxygen atoms in total. The highest BCUT2D eigenvalue weighted by molar-refractivity contribution is 5.11. The molecule has 0 unspecified atom stereocenters. The molecule has 0 bridgehead atoms. The fraction of sp³-hybridized carbons (Fsp3) is 0.333. The number of H-pyrrole nitrogens is 3. The Bertz CT molecular complexity index is 594. The molecule has 1 fully saturated rings. The van der Waals surface area contributed by atoms with Gasteiger partial charge in [0.15, 0.2) is 0 Å². The van der Waals surface area contributed by atoms with E-state index in [0.29, 0.717) is 5.92 Å². The van der Waals surface area contributed by atoms with Gasteiger partial charge in [0.05, 0.1) is 0 Å². The van der Waals surface area contributed by atoms with Crippen molar-refractivity contribution in [3.63, 3.8) is 0 Å². The first-order valence-corrected chi connectivity index (χ1v) is 8.46. The number of rotatable bonds is 6. The molecular weight excluding hydrogens is 300 g/mol. The molecular formula is C18H24N6. The highest BCUT2D eigenvalue weighted by Gasteiger charge is 2.25. The van der Waals surface area contributed by atoms with E-state index in [-0.39, 0.29) is 0 Å². The Morgan fingerprint density at radius 2 is 1.25 bits per heavy atom. The van der Waals surface area contributed by atoms with Gasteiger partial charge < -0.3 is 15.0 Å². The molecule has 0 radical (unpaired) electrons. The minimum Gasteiger partial charge on any atom is -0.367 e. The molecule has 4 rings (SSSR count). The van der Waals surface area contributed by atoms with Crippen molar-refractivity contribution in [2.24, 2.45) is 5.92 Å². The quantitative estimate of drug-likeness (QED) is 0.562. The summed E-state index contributed by atoms with van der Waals surface area (Å²) in [7, 11) is 0. The van der Waals surface area contributed by atoms with Gasteiger partial charge in [-0.15, -0.1) is 0 Å². The van der Waals surface area contributed by atoms with Crippen LogP contribution >= 0.6 is 0 Å². The normalized spacial score (nSPS) is 17.5. The third-order valence-corrected chi connectivity index (χ3v) is 4.50. The Kier molecular flexibility index (Phi) is 4.51. The summed E-state index contributed by atoms with van der Waals surface area (Å²) in [6.07, 6.45) is 13.3. The van der Waals surface area contributed by atoms with Gasteiger partial charge in [-0.1, -0.05) is 0 Å². The molecule has 0 saturated carbocycles. The van der Waals surface area contributed by atoms with Crippen LogP contribution in [-0.4, -0.2) is 38.1 Å². The van der Waals surface area contributed by atoms with E-state index in [0.717, 1.165) is 32.6 Å². The first-order valence-electron chi connectivity index (χ1n) is 8.46. The Balaban J connectivity index is 1.44. The molecule has 0 amide bonds. The molecule has 126 valence electrons.